The molecule has 1 saturated heterocycles. The van der Waals surface area contributed by atoms with E-state index < -0.39 is 0 Å². The van der Waals surface area contributed by atoms with E-state index >= 15 is 0 Å². The molecule has 0 aromatic rings. The maximum Gasteiger partial charge on any atom is 0.0442 e. The van der Waals surface area contributed by atoms with Gasteiger partial charge in [0.2, 0.25) is 0 Å². The topological polar surface area (TPSA) is 34.3 Å². The molecule has 0 aliphatic carbocycles. The van der Waals surface area contributed by atoms with Crippen molar-refractivity contribution in [1.29, 1.82) is 0 Å². The van der Waals surface area contributed by atoms with Crippen molar-refractivity contribution in [2.45, 2.75) is 12.8 Å². The molecule has 0 amide bonds. The van der Waals surface area contributed by atoms with Crippen LogP contribution in [0.1, 0.15) is 12.8 Å². The molecule has 1 aliphatic rings. The van der Waals surface area contributed by atoms with Crippen molar-refractivity contribution in [3.63, 3.8) is 0 Å². The van der Waals surface area contributed by atoms with Crippen LogP contribution in [-0.4, -0.2) is 24.8 Å². The molecule has 1 radical (unpaired) electrons. The second-order valence-electron chi connectivity index (χ2n) is 2.32. The Bertz CT molecular complexity index is 64.1. The summed E-state index contributed by atoms with van der Waals surface area (Å²) in [6.07, 6.45) is 2.34. The van der Waals surface area contributed by atoms with Crippen LogP contribution >= 0.6 is 0 Å². The van der Waals surface area contributed by atoms with E-state index in [1.165, 1.54) is 12.8 Å². The molecule has 1 rings (SSSR count). The SMILES string of the molecule is OC[C@H]1CCC[N-]C1.[Y]. The van der Waals surface area contributed by atoms with E-state index in [0.717, 1.165) is 13.1 Å². The van der Waals surface area contributed by atoms with Crippen molar-refractivity contribution < 1.29 is 37.8 Å². The summed E-state index contributed by atoms with van der Waals surface area (Å²) in [5.74, 6) is 0.476. The summed E-state index contributed by atoms with van der Waals surface area (Å²) in [6.45, 7) is 2.22. The van der Waals surface area contributed by atoms with Gasteiger partial charge in [-0.1, -0.05) is 12.8 Å². The van der Waals surface area contributed by atoms with Crippen LogP contribution in [0.3, 0.4) is 0 Å². The minimum atomic E-state index is 0. The van der Waals surface area contributed by atoms with Crippen molar-refractivity contribution in [2.75, 3.05) is 19.7 Å². The van der Waals surface area contributed by atoms with Crippen molar-refractivity contribution in [1.82, 2.24) is 0 Å². The second kappa shape index (κ2) is 5.78. The van der Waals surface area contributed by atoms with E-state index in [-0.39, 0.29) is 32.7 Å². The number of aliphatic hydroxyl groups excluding tert-OH is 1. The Kier molecular flexibility index (Phi) is 6.44. The van der Waals surface area contributed by atoms with Crippen LogP contribution in [0.2, 0.25) is 0 Å². The monoisotopic (exact) mass is 203 g/mol. The molecule has 2 nitrogen and oxygen atoms in total. The van der Waals surface area contributed by atoms with Crippen LogP contribution in [-0.2, 0) is 32.7 Å². The van der Waals surface area contributed by atoms with Crippen LogP contribution in [0, 0.1) is 5.92 Å². The summed E-state index contributed by atoms with van der Waals surface area (Å²) in [6, 6.07) is 0. The van der Waals surface area contributed by atoms with Crippen LogP contribution in [0.25, 0.3) is 5.32 Å². The predicted octanol–water partition coefficient (Wildman–Crippen LogP) is 0.760. The van der Waals surface area contributed by atoms with Crippen LogP contribution in [0.4, 0.5) is 0 Å². The number of aliphatic hydroxyl groups is 1. The van der Waals surface area contributed by atoms with Crippen molar-refractivity contribution >= 4 is 0 Å². The van der Waals surface area contributed by atoms with E-state index in [0.29, 0.717) is 12.5 Å². The first-order valence-electron chi connectivity index (χ1n) is 3.17. The maximum absolute atomic E-state index is 8.63. The van der Waals surface area contributed by atoms with Gasteiger partial charge in [-0.3, -0.25) is 0 Å². The Morgan fingerprint density at radius 1 is 1.56 bits per heavy atom. The summed E-state index contributed by atoms with van der Waals surface area (Å²) >= 11 is 0. The zero-order valence-electron chi connectivity index (χ0n) is 5.58. The molecule has 51 valence electrons. The van der Waals surface area contributed by atoms with Gasteiger partial charge in [-0.05, 0) is 5.92 Å². The first kappa shape index (κ1) is 10.0. The molecule has 1 atom stereocenters. The van der Waals surface area contributed by atoms with E-state index in [1.54, 1.807) is 0 Å². The molecule has 0 aromatic heterocycles. The third-order valence-electron chi connectivity index (χ3n) is 1.57. The van der Waals surface area contributed by atoms with Gasteiger partial charge in [0.15, 0.2) is 0 Å². The molecule has 0 unspecified atom stereocenters. The van der Waals surface area contributed by atoms with E-state index in [4.69, 9.17) is 5.11 Å². The number of nitrogens with zero attached hydrogens (tertiary/aromatic N) is 1. The maximum atomic E-state index is 8.63. The van der Waals surface area contributed by atoms with Gasteiger partial charge in [0.1, 0.15) is 0 Å². The number of piperidine rings is 1. The summed E-state index contributed by atoms with van der Waals surface area (Å²) in [5.41, 5.74) is 0. The first-order chi connectivity index (χ1) is 3.93. The molecule has 0 bridgehead atoms. The molecule has 0 saturated carbocycles. The fraction of sp³-hybridized carbons (Fsp3) is 1.00. The van der Waals surface area contributed by atoms with Crippen LogP contribution in [0.5, 0.6) is 0 Å². The van der Waals surface area contributed by atoms with E-state index in [9.17, 15) is 0 Å². The van der Waals surface area contributed by atoms with Crippen molar-refractivity contribution in [2.24, 2.45) is 5.92 Å². The summed E-state index contributed by atoms with van der Waals surface area (Å²) < 4.78 is 0. The molecule has 0 aromatic carbocycles. The molecular formula is C6H12NOY-. The number of hydrogen-bond acceptors (Lipinski definition) is 1. The van der Waals surface area contributed by atoms with Crippen LogP contribution in [0.15, 0.2) is 0 Å². The van der Waals surface area contributed by atoms with Gasteiger partial charge in [-0.2, -0.15) is 0 Å². The zero-order chi connectivity index (χ0) is 5.82. The van der Waals surface area contributed by atoms with Gasteiger partial charge in [0, 0.05) is 39.3 Å². The predicted molar refractivity (Wildman–Crippen MR) is 32.9 cm³/mol. The zero-order valence-corrected chi connectivity index (χ0v) is 8.42. The fourth-order valence-corrected chi connectivity index (χ4v) is 1.01. The number of hydrogen-bond donors (Lipinski definition) is 1. The largest absolute Gasteiger partial charge is 0.662 e. The van der Waals surface area contributed by atoms with Gasteiger partial charge in [-0.15, -0.1) is 13.1 Å². The molecule has 0 spiro atoms. The van der Waals surface area contributed by atoms with Crippen molar-refractivity contribution in [3.05, 3.63) is 5.32 Å². The average molecular weight is 203 g/mol. The molecular weight excluding hydrogens is 191 g/mol. The molecule has 1 N–H and O–H groups in total. The van der Waals surface area contributed by atoms with Gasteiger partial charge >= 0.3 is 0 Å². The first-order valence-corrected chi connectivity index (χ1v) is 3.17. The molecule has 1 fully saturated rings. The molecule has 1 heterocycles. The molecule has 1 aliphatic heterocycles. The standard InChI is InChI=1S/C6H12NO.Y/c8-5-6-2-1-3-7-4-6;/h6,8H,1-5H2;/q-1;/t6-;/m0./s1. The Morgan fingerprint density at radius 2 is 2.33 bits per heavy atom. The third-order valence-corrected chi connectivity index (χ3v) is 1.57. The minimum Gasteiger partial charge on any atom is -0.662 e. The fourth-order valence-electron chi connectivity index (χ4n) is 1.01. The van der Waals surface area contributed by atoms with Gasteiger partial charge in [0.25, 0.3) is 0 Å². The van der Waals surface area contributed by atoms with Crippen LogP contribution < -0.4 is 0 Å². The normalized spacial score (nSPS) is 27.0. The molecule has 9 heavy (non-hydrogen) atoms. The Labute approximate surface area is 81.3 Å². The third kappa shape index (κ3) is 3.66. The summed E-state index contributed by atoms with van der Waals surface area (Å²) in [5, 5.41) is 12.8. The smallest absolute Gasteiger partial charge is 0.0442 e. The minimum absolute atomic E-state index is 0. The summed E-state index contributed by atoms with van der Waals surface area (Å²) in [4.78, 5) is 0. The summed E-state index contributed by atoms with van der Waals surface area (Å²) in [7, 11) is 0. The molecule has 3 heteroatoms. The van der Waals surface area contributed by atoms with E-state index in [2.05, 4.69) is 5.32 Å². The van der Waals surface area contributed by atoms with Gasteiger partial charge in [-0.25, -0.2) is 0 Å². The van der Waals surface area contributed by atoms with Crippen molar-refractivity contribution in [3.8, 4) is 0 Å². The second-order valence-corrected chi connectivity index (χ2v) is 2.32. The number of rotatable bonds is 1. The Balaban J connectivity index is 0.000000640. The average Bonchev–Trinajstić information content (AvgIpc) is 1.90. The van der Waals surface area contributed by atoms with Gasteiger partial charge < -0.3 is 10.4 Å². The quantitative estimate of drug-likeness (QED) is 0.670. The Hall–Kier alpha value is 1.02. The Morgan fingerprint density at radius 3 is 2.67 bits per heavy atom. The van der Waals surface area contributed by atoms with E-state index in [1.807, 2.05) is 0 Å². The van der Waals surface area contributed by atoms with Gasteiger partial charge in [0.05, 0.1) is 0 Å².